The summed E-state index contributed by atoms with van der Waals surface area (Å²) in [6.07, 6.45) is 0.174. The number of amides is 2. The Morgan fingerprint density at radius 1 is 1.18 bits per heavy atom. The molecule has 28 heavy (non-hydrogen) atoms. The number of carbonyl (C=O) groups is 2. The highest BCUT2D eigenvalue weighted by Gasteiger charge is 2.36. The van der Waals surface area contributed by atoms with Crippen molar-refractivity contribution in [1.82, 2.24) is 14.9 Å². The van der Waals surface area contributed by atoms with Crippen molar-refractivity contribution in [3.8, 4) is 0 Å². The van der Waals surface area contributed by atoms with Gasteiger partial charge in [-0.15, -0.1) is 0 Å². The van der Waals surface area contributed by atoms with Gasteiger partial charge in [-0.2, -0.15) is 5.10 Å². The first-order valence-corrected chi connectivity index (χ1v) is 8.93. The van der Waals surface area contributed by atoms with Gasteiger partial charge in [-0.25, -0.2) is 4.98 Å². The Kier molecular flexibility index (Phi) is 4.52. The average Bonchev–Trinajstić information content (AvgIpc) is 3.32. The van der Waals surface area contributed by atoms with Crippen LogP contribution in [-0.4, -0.2) is 45.5 Å². The fraction of sp³-hybridized carbons (Fsp3) is 0.200. The normalized spacial score (nSPS) is 16.2. The van der Waals surface area contributed by atoms with E-state index < -0.39 is 11.9 Å². The van der Waals surface area contributed by atoms with Crippen LogP contribution in [0.15, 0.2) is 59.7 Å². The number of nitrogens with zero attached hydrogens (tertiary/aromatic N) is 4. The maximum absolute atomic E-state index is 12.9. The van der Waals surface area contributed by atoms with Crippen molar-refractivity contribution < 1.29 is 9.59 Å². The van der Waals surface area contributed by atoms with E-state index in [-0.39, 0.29) is 12.3 Å². The minimum absolute atomic E-state index is 0.174. The third-order valence-corrected chi connectivity index (χ3v) is 4.68. The summed E-state index contributed by atoms with van der Waals surface area (Å²) in [7, 11) is 1.68. The number of aromatic nitrogens is 2. The summed E-state index contributed by atoms with van der Waals surface area (Å²) < 4.78 is 0. The summed E-state index contributed by atoms with van der Waals surface area (Å²) in [6, 6.07) is 16.2. The van der Waals surface area contributed by atoms with E-state index >= 15 is 0 Å². The number of hydrazone groups is 1. The molecule has 1 aliphatic heterocycles. The van der Waals surface area contributed by atoms with Crippen LogP contribution >= 0.6 is 0 Å². The zero-order valence-electron chi connectivity index (χ0n) is 15.4. The summed E-state index contributed by atoms with van der Waals surface area (Å²) in [5.41, 5.74) is 8.32. The van der Waals surface area contributed by atoms with Crippen molar-refractivity contribution in [3.05, 3.63) is 60.4 Å². The first kappa shape index (κ1) is 17.7. The van der Waals surface area contributed by atoms with E-state index in [2.05, 4.69) is 15.1 Å². The van der Waals surface area contributed by atoms with E-state index in [1.807, 2.05) is 54.6 Å². The topological polar surface area (TPSA) is 108 Å². The van der Waals surface area contributed by atoms with Crippen LogP contribution in [0.25, 0.3) is 11.0 Å². The van der Waals surface area contributed by atoms with Crippen LogP contribution in [0, 0.1) is 0 Å². The molecule has 3 N–H and O–H groups in total. The highest BCUT2D eigenvalue weighted by atomic mass is 16.2. The first-order valence-electron chi connectivity index (χ1n) is 8.93. The second kappa shape index (κ2) is 7.15. The number of nitrogens with two attached hydrogens (primary N) is 1. The molecule has 0 spiro atoms. The molecule has 142 valence electrons. The number of carbonyl (C=O) groups excluding carboxylic acids is 2. The summed E-state index contributed by atoms with van der Waals surface area (Å²) >= 11 is 0. The summed E-state index contributed by atoms with van der Waals surface area (Å²) in [5, 5.41) is 5.91. The van der Waals surface area contributed by atoms with Crippen molar-refractivity contribution in [2.45, 2.75) is 19.0 Å². The van der Waals surface area contributed by atoms with Gasteiger partial charge in [0, 0.05) is 13.5 Å². The molecule has 8 heteroatoms. The number of benzene rings is 2. The highest BCUT2D eigenvalue weighted by molar-refractivity contribution is 6.40. The second-order valence-corrected chi connectivity index (χ2v) is 6.71. The van der Waals surface area contributed by atoms with Gasteiger partial charge in [0.05, 0.1) is 23.3 Å². The first-order chi connectivity index (χ1) is 13.5. The van der Waals surface area contributed by atoms with E-state index in [9.17, 15) is 9.59 Å². The molecule has 0 bridgehead atoms. The van der Waals surface area contributed by atoms with E-state index in [1.54, 1.807) is 7.05 Å². The van der Waals surface area contributed by atoms with Crippen LogP contribution in [0.4, 0.5) is 5.69 Å². The van der Waals surface area contributed by atoms with Gasteiger partial charge >= 0.3 is 0 Å². The van der Waals surface area contributed by atoms with Crippen LogP contribution in [-0.2, 0) is 16.1 Å². The second-order valence-electron chi connectivity index (χ2n) is 6.71. The average molecular weight is 376 g/mol. The van der Waals surface area contributed by atoms with Gasteiger partial charge in [0.15, 0.2) is 0 Å². The van der Waals surface area contributed by atoms with Crippen molar-refractivity contribution in [2.24, 2.45) is 10.8 Å². The molecule has 2 heterocycles. The maximum Gasteiger partial charge on any atom is 0.270 e. The van der Waals surface area contributed by atoms with Crippen LogP contribution < -0.4 is 10.7 Å². The number of rotatable bonds is 5. The van der Waals surface area contributed by atoms with Gasteiger partial charge in [-0.05, 0) is 24.3 Å². The SMILES string of the molecule is CN(Cc1nc2ccccc2[nH]1)C(=O)C1=NN(c2ccccc2)C(C(N)=O)C1. The zero-order valence-corrected chi connectivity index (χ0v) is 15.4. The Morgan fingerprint density at radius 3 is 2.61 bits per heavy atom. The molecule has 0 aliphatic carbocycles. The Labute approximate surface area is 161 Å². The van der Waals surface area contributed by atoms with Gasteiger partial charge in [-0.1, -0.05) is 30.3 Å². The number of fused-ring (bicyclic) bond motifs is 1. The minimum atomic E-state index is -0.680. The number of aromatic amines is 1. The molecule has 0 saturated heterocycles. The number of nitrogens with one attached hydrogen (secondary N) is 1. The Bertz CT molecular complexity index is 1030. The van der Waals surface area contributed by atoms with Gasteiger partial charge in [-0.3, -0.25) is 14.6 Å². The van der Waals surface area contributed by atoms with Crippen LogP contribution in [0.5, 0.6) is 0 Å². The van der Waals surface area contributed by atoms with E-state index in [0.717, 1.165) is 11.0 Å². The lowest BCUT2D eigenvalue weighted by Gasteiger charge is -2.20. The zero-order chi connectivity index (χ0) is 19.7. The third-order valence-electron chi connectivity index (χ3n) is 4.68. The maximum atomic E-state index is 12.9. The van der Waals surface area contributed by atoms with Crippen molar-refractivity contribution >= 4 is 34.2 Å². The molecule has 0 radical (unpaired) electrons. The number of imidazole rings is 1. The lowest BCUT2D eigenvalue weighted by atomic mass is 10.1. The fourth-order valence-electron chi connectivity index (χ4n) is 3.28. The molecular formula is C20H20N6O2. The van der Waals surface area contributed by atoms with Crippen LogP contribution in [0.2, 0.25) is 0 Å². The summed E-state index contributed by atoms with van der Waals surface area (Å²) in [4.78, 5) is 34.0. The lowest BCUT2D eigenvalue weighted by Crippen LogP contribution is -2.40. The van der Waals surface area contributed by atoms with E-state index in [0.29, 0.717) is 23.8 Å². The Hall–Kier alpha value is -3.68. The number of hydrogen-bond donors (Lipinski definition) is 2. The molecule has 8 nitrogen and oxygen atoms in total. The molecule has 0 fully saturated rings. The molecule has 2 amide bonds. The van der Waals surface area contributed by atoms with Crippen LogP contribution in [0.3, 0.4) is 0 Å². The molecule has 3 aromatic rings. The predicted molar refractivity (Wildman–Crippen MR) is 107 cm³/mol. The molecule has 1 unspecified atom stereocenters. The lowest BCUT2D eigenvalue weighted by molar-refractivity contribution is -0.123. The number of para-hydroxylation sites is 3. The fourth-order valence-corrected chi connectivity index (χ4v) is 3.28. The minimum Gasteiger partial charge on any atom is -0.368 e. The molecule has 1 aliphatic rings. The predicted octanol–water partition coefficient (Wildman–Crippen LogP) is 1.64. The van der Waals surface area contributed by atoms with E-state index in [1.165, 1.54) is 9.91 Å². The number of anilines is 1. The summed E-state index contributed by atoms with van der Waals surface area (Å²) in [5.74, 6) is -0.0949. The van der Waals surface area contributed by atoms with Crippen molar-refractivity contribution in [2.75, 3.05) is 12.1 Å². The number of hydrogen-bond acceptors (Lipinski definition) is 5. The molecular weight excluding hydrogens is 356 g/mol. The smallest absolute Gasteiger partial charge is 0.270 e. The third kappa shape index (κ3) is 3.32. The van der Waals surface area contributed by atoms with Crippen molar-refractivity contribution in [1.29, 1.82) is 0 Å². The summed E-state index contributed by atoms with van der Waals surface area (Å²) in [6.45, 7) is 0.305. The number of H-pyrrole nitrogens is 1. The largest absolute Gasteiger partial charge is 0.368 e. The monoisotopic (exact) mass is 376 g/mol. The van der Waals surface area contributed by atoms with Gasteiger partial charge in [0.2, 0.25) is 5.91 Å². The molecule has 0 saturated carbocycles. The molecule has 1 aromatic heterocycles. The Balaban J connectivity index is 1.53. The van der Waals surface area contributed by atoms with Gasteiger partial charge < -0.3 is 15.6 Å². The molecule has 2 aromatic carbocycles. The van der Waals surface area contributed by atoms with Gasteiger partial charge in [0.25, 0.3) is 5.91 Å². The van der Waals surface area contributed by atoms with E-state index in [4.69, 9.17) is 5.73 Å². The van der Waals surface area contributed by atoms with Gasteiger partial charge in [0.1, 0.15) is 17.6 Å². The molecule has 1 atom stereocenters. The standard InChI is InChI=1S/C20H20N6O2/c1-25(12-18-22-14-9-5-6-10-15(14)23-18)20(28)16-11-17(19(21)27)26(24-16)13-7-3-2-4-8-13/h2-10,17H,11-12H2,1H3,(H2,21,27)(H,22,23). The highest BCUT2D eigenvalue weighted by Crippen LogP contribution is 2.25. The Morgan fingerprint density at radius 2 is 1.89 bits per heavy atom. The van der Waals surface area contributed by atoms with Crippen molar-refractivity contribution in [3.63, 3.8) is 0 Å². The quantitative estimate of drug-likeness (QED) is 0.706. The number of primary amides is 1. The van der Waals surface area contributed by atoms with Crippen LogP contribution in [0.1, 0.15) is 12.2 Å². The molecule has 4 rings (SSSR count).